The third kappa shape index (κ3) is 3.88. The molecule has 1 aromatic rings. The van der Waals surface area contributed by atoms with E-state index in [0.717, 1.165) is 38.6 Å². The summed E-state index contributed by atoms with van der Waals surface area (Å²) in [5.41, 5.74) is 1.21. The number of rotatable bonds is 4. The molecular weight excluding hydrogens is 214 g/mol. The molecule has 3 nitrogen and oxygen atoms in total. The van der Waals surface area contributed by atoms with Crippen LogP contribution in [0.2, 0.25) is 0 Å². The highest BCUT2D eigenvalue weighted by Crippen LogP contribution is 2.12. The minimum Gasteiger partial charge on any atom is -0.497 e. The standard InChI is InChI=1S/C14H19NO2/c1-16-14-6-4-13(5-7-14)3-2-8-15-9-11-17-12-10-15/h2-7H,8-12H2,1H3/b3-2+. The topological polar surface area (TPSA) is 21.7 Å². The maximum Gasteiger partial charge on any atom is 0.118 e. The molecule has 0 aliphatic carbocycles. The number of methoxy groups -OCH3 is 1. The smallest absolute Gasteiger partial charge is 0.118 e. The Morgan fingerprint density at radius 1 is 1.24 bits per heavy atom. The van der Waals surface area contributed by atoms with Gasteiger partial charge in [0.25, 0.3) is 0 Å². The summed E-state index contributed by atoms with van der Waals surface area (Å²) in [6.07, 6.45) is 4.35. The van der Waals surface area contributed by atoms with E-state index in [1.807, 2.05) is 12.1 Å². The summed E-state index contributed by atoms with van der Waals surface area (Å²) in [5.74, 6) is 0.898. The monoisotopic (exact) mass is 233 g/mol. The third-order valence-electron chi connectivity index (χ3n) is 2.89. The molecule has 1 heterocycles. The Morgan fingerprint density at radius 3 is 2.59 bits per heavy atom. The number of hydrogen-bond acceptors (Lipinski definition) is 3. The van der Waals surface area contributed by atoms with Crippen molar-refractivity contribution in [3.63, 3.8) is 0 Å². The summed E-state index contributed by atoms with van der Waals surface area (Å²) in [7, 11) is 1.68. The molecule has 17 heavy (non-hydrogen) atoms. The largest absolute Gasteiger partial charge is 0.497 e. The van der Waals surface area contributed by atoms with Crippen LogP contribution in [0.15, 0.2) is 30.3 Å². The van der Waals surface area contributed by atoms with E-state index < -0.39 is 0 Å². The van der Waals surface area contributed by atoms with Crippen LogP contribution in [-0.2, 0) is 4.74 Å². The van der Waals surface area contributed by atoms with Gasteiger partial charge in [0.15, 0.2) is 0 Å². The summed E-state index contributed by atoms with van der Waals surface area (Å²) < 4.78 is 10.4. The van der Waals surface area contributed by atoms with Crippen LogP contribution in [0.25, 0.3) is 6.08 Å². The summed E-state index contributed by atoms with van der Waals surface area (Å²) >= 11 is 0. The van der Waals surface area contributed by atoms with E-state index in [1.54, 1.807) is 7.11 Å². The van der Waals surface area contributed by atoms with Gasteiger partial charge in [0.05, 0.1) is 20.3 Å². The maximum atomic E-state index is 5.31. The lowest BCUT2D eigenvalue weighted by atomic mass is 10.2. The second kappa shape index (κ2) is 6.42. The van der Waals surface area contributed by atoms with Crippen LogP contribution < -0.4 is 4.74 Å². The van der Waals surface area contributed by atoms with Gasteiger partial charge >= 0.3 is 0 Å². The lowest BCUT2D eigenvalue weighted by Gasteiger charge is -2.25. The first-order valence-corrected chi connectivity index (χ1v) is 5.99. The van der Waals surface area contributed by atoms with Crippen molar-refractivity contribution >= 4 is 6.08 Å². The Balaban J connectivity index is 1.82. The SMILES string of the molecule is COc1ccc(/C=C/CN2CCOCC2)cc1. The highest BCUT2D eigenvalue weighted by atomic mass is 16.5. The summed E-state index contributed by atoms with van der Waals surface area (Å²) in [5, 5.41) is 0. The molecule has 1 aliphatic rings. The van der Waals surface area contributed by atoms with Crippen molar-refractivity contribution < 1.29 is 9.47 Å². The molecule has 0 bridgehead atoms. The van der Waals surface area contributed by atoms with Crippen LogP contribution in [0.4, 0.5) is 0 Å². The van der Waals surface area contributed by atoms with Gasteiger partial charge in [-0.05, 0) is 17.7 Å². The second-order valence-electron chi connectivity index (χ2n) is 4.09. The molecule has 0 spiro atoms. The first-order chi connectivity index (χ1) is 8.38. The molecule has 1 saturated heterocycles. The fourth-order valence-electron chi connectivity index (χ4n) is 1.84. The average Bonchev–Trinajstić information content (AvgIpc) is 2.41. The quantitative estimate of drug-likeness (QED) is 0.794. The normalized spacial score (nSPS) is 17.5. The highest BCUT2D eigenvalue weighted by Gasteiger charge is 2.07. The molecule has 0 unspecified atom stereocenters. The molecule has 0 atom stereocenters. The van der Waals surface area contributed by atoms with Crippen LogP contribution in [0, 0.1) is 0 Å². The lowest BCUT2D eigenvalue weighted by Crippen LogP contribution is -2.36. The predicted molar refractivity (Wildman–Crippen MR) is 69.3 cm³/mol. The zero-order valence-corrected chi connectivity index (χ0v) is 10.3. The zero-order valence-electron chi connectivity index (χ0n) is 10.3. The molecule has 0 saturated carbocycles. The maximum absolute atomic E-state index is 5.31. The first-order valence-electron chi connectivity index (χ1n) is 5.99. The predicted octanol–water partition coefficient (Wildman–Crippen LogP) is 2.04. The van der Waals surface area contributed by atoms with E-state index in [-0.39, 0.29) is 0 Å². The number of hydrogen-bond donors (Lipinski definition) is 0. The van der Waals surface area contributed by atoms with Gasteiger partial charge in [0, 0.05) is 19.6 Å². The van der Waals surface area contributed by atoms with E-state index in [2.05, 4.69) is 29.2 Å². The van der Waals surface area contributed by atoms with Crippen LogP contribution in [0.5, 0.6) is 5.75 Å². The average molecular weight is 233 g/mol. The van der Waals surface area contributed by atoms with Gasteiger partial charge in [0.2, 0.25) is 0 Å². The lowest BCUT2D eigenvalue weighted by molar-refractivity contribution is 0.0435. The van der Waals surface area contributed by atoms with Crippen LogP contribution >= 0.6 is 0 Å². The van der Waals surface area contributed by atoms with Crippen molar-refractivity contribution in [3.05, 3.63) is 35.9 Å². The Kier molecular flexibility index (Phi) is 4.59. The molecule has 1 fully saturated rings. The highest BCUT2D eigenvalue weighted by molar-refractivity contribution is 5.50. The Hall–Kier alpha value is -1.32. The Bertz CT molecular complexity index is 353. The van der Waals surface area contributed by atoms with Gasteiger partial charge < -0.3 is 9.47 Å². The minimum absolute atomic E-state index is 0.858. The summed E-state index contributed by atoms with van der Waals surface area (Å²) in [6, 6.07) is 8.09. The molecule has 3 heteroatoms. The number of nitrogens with zero attached hydrogens (tertiary/aromatic N) is 1. The van der Waals surface area contributed by atoms with Crippen molar-refractivity contribution in [1.82, 2.24) is 4.90 Å². The fourth-order valence-corrected chi connectivity index (χ4v) is 1.84. The molecule has 0 amide bonds. The van der Waals surface area contributed by atoms with Gasteiger partial charge in [0.1, 0.15) is 5.75 Å². The van der Waals surface area contributed by atoms with E-state index in [4.69, 9.17) is 9.47 Å². The summed E-state index contributed by atoms with van der Waals surface area (Å²) in [4.78, 5) is 2.39. The van der Waals surface area contributed by atoms with Gasteiger partial charge in [-0.2, -0.15) is 0 Å². The first kappa shape index (κ1) is 12.1. The van der Waals surface area contributed by atoms with Gasteiger partial charge in [-0.25, -0.2) is 0 Å². The van der Waals surface area contributed by atoms with E-state index >= 15 is 0 Å². The van der Waals surface area contributed by atoms with Gasteiger partial charge in [-0.1, -0.05) is 24.3 Å². The molecule has 0 aromatic heterocycles. The van der Waals surface area contributed by atoms with Crippen molar-refractivity contribution in [2.75, 3.05) is 40.0 Å². The molecule has 1 aromatic carbocycles. The number of benzene rings is 1. The van der Waals surface area contributed by atoms with Crippen LogP contribution in [0.1, 0.15) is 5.56 Å². The van der Waals surface area contributed by atoms with Gasteiger partial charge in [-0.3, -0.25) is 4.90 Å². The fraction of sp³-hybridized carbons (Fsp3) is 0.429. The molecule has 92 valence electrons. The Morgan fingerprint density at radius 2 is 1.94 bits per heavy atom. The van der Waals surface area contributed by atoms with Crippen LogP contribution in [0.3, 0.4) is 0 Å². The van der Waals surface area contributed by atoms with Crippen molar-refractivity contribution in [2.45, 2.75) is 0 Å². The van der Waals surface area contributed by atoms with Crippen molar-refractivity contribution in [2.24, 2.45) is 0 Å². The second-order valence-corrected chi connectivity index (χ2v) is 4.09. The van der Waals surface area contributed by atoms with E-state index in [0.29, 0.717) is 0 Å². The molecule has 0 radical (unpaired) electrons. The number of ether oxygens (including phenoxy) is 2. The van der Waals surface area contributed by atoms with Crippen LogP contribution in [-0.4, -0.2) is 44.9 Å². The van der Waals surface area contributed by atoms with E-state index in [9.17, 15) is 0 Å². The van der Waals surface area contributed by atoms with Gasteiger partial charge in [-0.15, -0.1) is 0 Å². The molecule has 1 aliphatic heterocycles. The van der Waals surface area contributed by atoms with E-state index in [1.165, 1.54) is 5.56 Å². The minimum atomic E-state index is 0.858. The zero-order chi connectivity index (χ0) is 11.9. The van der Waals surface area contributed by atoms with Crippen molar-refractivity contribution in [3.8, 4) is 5.75 Å². The number of morpholine rings is 1. The van der Waals surface area contributed by atoms with Crippen molar-refractivity contribution in [1.29, 1.82) is 0 Å². The third-order valence-corrected chi connectivity index (χ3v) is 2.89. The molecule has 0 N–H and O–H groups in total. The molecule has 2 rings (SSSR count). The Labute approximate surface area is 103 Å². The summed E-state index contributed by atoms with van der Waals surface area (Å²) in [6.45, 7) is 4.78. The molecular formula is C14H19NO2.